The van der Waals surface area contributed by atoms with Crippen molar-refractivity contribution < 1.29 is 4.79 Å². The van der Waals surface area contributed by atoms with E-state index in [1.807, 2.05) is 57.2 Å². The van der Waals surface area contributed by atoms with Crippen molar-refractivity contribution in [1.82, 2.24) is 20.1 Å². The fourth-order valence-electron chi connectivity index (χ4n) is 2.81. The van der Waals surface area contributed by atoms with Crippen molar-refractivity contribution in [3.05, 3.63) is 52.2 Å². The molecule has 1 N–H and O–H groups in total. The van der Waals surface area contributed by atoms with Crippen LogP contribution in [0.2, 0.25) is 0 Å². The van der Waals surface area contributed by atoms with Crippen LogP contribution in [0, 0.1) is 0 Å². The van der Waals surface area contributed by atoms with Gasteiger partial charge in [0.05, 0.1) is 0 Å². The normalized spacial score (nSPS) is 12.0. The van der Waals surface area contributed by atoms with Gasteiger partial charge in [-0.05, 0) is 47.9 Å². The van der Waals surface area contributed by atoms with E-state index in [-0.39, 0.29) is 11.9 Å². The fourth-order valence-corrected chi connectivity index (χ4v) is 3.49. The second-order valence-electron chi connectivity index (χ2n) is 6.54. The van der Waals surface area contributed by atoms with Crippen LogP contribution < -0.4 is 10.2 Å². The quantitative estimate of drug-likeness (QED) is 0.726. The van der Waals surface area contributed by atoms with E-state index in [2.05, 4.69) is 32.2 Å². The van der Waals surface area contributed by atoms with Gasteiger partial charge in [-0.1, -0.05) is 12.1 Å². The predicted molar refractivity (Wildman–Crippen MR) is 106 cm³/mol. The summed E-state index contributed by atoms with van der Waals surface area (Å²) in [5.41, 5.74) is 2.68. The highest BCUT2D eigenvalue weighted by Gasteiger charge is 2.14. The zero-order chi connectivity index (χ0) is 18.7. The largest absolute Gasteiger partial charge is 0.349 e. The van der Waals surface area contributed by atoms with Crippen LogP contribution in [0.15, 0.2) is 41.1 Å². The number of benzene rings is 1. The molecule has 0 saturated heterocycles. The van der Waals surface area contributed by atoms with Crippen LogP contribution in [0.4, 0.5) is 5.95 Å². The molecule has 0 radical (unpaired) electrons. The zero-order valence-corrected chi connectivity index (χ0v) is 16.2. The Hall–Kier alpha value is -2.67. The van der Waals surface area contributed by atoms with Gasteiger partial charge < -0.3 is 10.2 Å². The van der Waals surface area contributed by atoms with Gasteiger partial charge >= 0.3 is 0 Å². The molecule has 1 aromatic carbocycles. The Bertz CT molecular complexity index is 885. The SMILES string of the molecule is C[C@@H](Cc1ccsc1)NC(=O)c1cccc(-c2nc(N(C)C)n(C)n2)c1. The van der Waals surface area contributed by atoms with Crippen LogP contribution >= 0.6 is 11.3 Å². The Balaban J connectivity index is 1.74. The van der Waals surface area contributed by atoms with E-state index in [4.69, 9.17) is 0 Å². The Morgan fingerprint density at radius 3 is 2.81 bits per heavy atom. The van der Waals surface area contributed by atoms with Gasteiger partial charge in [-0.15, -0.1) is 5.10 Å². The van der Waals surface area contributed by atoms with Gasteiger partial charge in [0.25, 0.3) is 5.91 Å². The molecule has 0 aliphatic heterocycles. The average Bonchev–Trinajstić information content (AvgIpc) is 3.24. The second kappa shape index (κ2) is 7.70. The van der Waals surface area contributed by atoms with Crippen molar-refractivity contribution in [2.24, 2.45) is 7.05 Å². The van der Waals surface area contributed by atoms with Gasteiger partial charge in [0.15, 0.2) is 5.82 Å². The van der Waals surface area contributed by atoms with Crippen molar-refractivity contribution in [3.8, 4) is 11.4 Å². The molecule has 0 spiro atoms. The van der Waals surface area contributed by atoms with Gasteiger partial charge in [0.1, 0.15) is 0 Å². The van der Waals surface area contributed by atoms with E-state index in [0.29, 0.717) is 11.4 Å². The number of nitrogens with one attached hydrogen (secondary N) is 1. The van der Waals surface area contributed by atoms with Gasteiger partial charge in [0.2, 0.25) is 5.95 Å². The molecule has 0 fully saturated rings. The minimum atomic E-state index is -0.0849. The lowest BCUT2D eigenvalue weighted by Gasteiger charge is -2.13. The summed E-state index contributed by atoms with van der Waals surface area (Å²) < 4.78 is 1.73. The molecule has 7 heteroatoms. The summed E-state index contributed by atoms with van der Waals surface area (Å²) >= 11 is 1.67. The summed E-state index contributed by atoms with van der Waals surface area (Å²) in [5, 5.41) is 11.7. The molecule has 0 bridgehead atoms. The summed E-state index contributed by atoms with van der Waals surface area (Å²) in [6.07, 6.45) is 0.822. The Morgan fingerprint density at radius 1 is 1.35 bits per heavy atom. The summed E-state index contributed by atoms with van der Waals surface area (Å²) in [7, 11) is 5.70. The average molecular weight is 369 g/mol. The van der Waals surface area contributed by atoms with Crippen LogP contribution in [0.25, 0.3) is 11.4 Å². The molecule has 6 nitrogen and oxygen atoms in total. The Labute approximate surface area is 157 Å². The molecular formula is C19H23N5OS. The topological polar surface area (TPSA) is 63.1 Å². The van der Waals surface area contributed by atoms with E-state index < -0.39 is 0 Å². The lowest BCUT2D eigenvalue weighted by molar-refractivity contribution is 0.0940. The van der Waals surface area contributed by atoms with Crippen LogP contribution in [-0.4, -0.2) is 40.8 Å². The minimum absolute atomic E-state index is 0.0640. The summed E-state index contributed by atoms with van der Waals surface area (Å²) in [6, 6.07) is 9.57. The van der Waals surface area contributed by atoms with Crippen molar-refractivity contribution in [2.45, 2.75) is 19.4 Å². The molecule has 136 valence electrons. The number of aromatic nitrogens is 3. The predicted octanol–water partition coefficient (Wildman–Crippen LogP) is 2.97. The fraction of sp³-hybridized carbons (Fsp3) is 0.316. The zero-order valence-electron chi connectivity index (χ0n) is 15.4. The second-order valence-corrected chi connectivity index (χ2v) is 7.32. The smallest absolute Gasteiger partial charge is 0.251 e. The Kier molecular flexibility index (Phi) is 5.37. The monoisotopic (exact) mass is 369 g/mol. The standard InChI is InChI=1S/C19H23N5OS/c1-13(10-14-8-9-26-12-14)20-18(25)16-7-5-6-15(11-16)17-21-19(23(2)3)24(4)22-17/h5-9,11-13H,10H2,1-4H3,(H,20,25)/t13-/m0/s1. The number of amides is 1. The summed E-state index contributed by atoms with van der Waals surface area (Å²) in [6.45, 7) is 2.02. The maximum atomic E-state index is 12.6. The molecule has 0 unspecified atom stereocenters. The first-order chi connectivity index (χ1) is 12.4. The molecule has 0 aliphatic carbocycles. The molecule has 0 saturated carbocycles. The molecule has 1 atom stereocenters. The van der Waals surface area contributed by atoms with E-state index in [0.717, 1.165) is 17.9 Å². The number of aryl methyl sites for hydroxylation is 1. The van der Waals surface area contributed by atoms with Crippen molar-refractivity contribution in [1.29, 1.82) is 0 Å². The first-order valence-corrected chi connectivity index (χ1v) is 9.39. The van der Waals surface area contributed by atoms with E-state index >= 15 is 0 Å². The van der Waals surface area contributed by atoms with Crippen LogP contribution in [0.3, 0.4) is 0 Å². The number of hydrogen-bond acceptors (Lipinski definition) is 5. The highest BCUT2D eigenvalue weighted by molar-refractivity contribution is 7.07. The first kappa shape index (κ1) is 18.1. The van der Waals surface area contributed by atoms with E-state index in [1.165, 1.54) is 5.56 Å². The third kappa shape index (κ3) is 4.11. The molecule has 26 heavy (non-hydrogen) atoms. The van der Waals surface area contributed by atoms with Crippen LogP contribution in [0.5, 0.6) is 0 Å². The number of hydrogen-bond donors (Lipinski definition) is 1. The van der Waals surface area contributed by atoms with Crippen LogP contribution in [0.1, 0.15) is 22.8 Å². The number of anilines is 1. The highest BCUT2D eigenvalue weighted by atomic mass is 32.1. The number of thiophene rings is 1. The van der Waals surface area contributed by atoms with Crippen molar-refractivity contribution >= 4 is 23.2 Å². The molecule has 1 amide bonds. The minimum Gasteiger partial charge on any atom is -0.349 e. The van der Waals surface area contributed by atoms with Gasteiger partial charge in [-0.2, -0.15) is 16.3 Å². The van der Waals surface area contributed by atoms with E-state index in [9.17, 15) is 4.79 Å². The van der Waals surface area contributed by atoms with E-state index in [1.54, 1.807) is 16.0 Å². The third-order valence-corrected chi connectivity index (χ3v) is 4.75. The van der Waals surface area contributed by atoms with Gasteiger partial charge in [0, 0.05) is 38.3 Å². The number of carbonyl (C=O) groups excluding carboxylic acids is 1. The molecular weight excluding hydrogens is 346 g/mol. The number of carbonyl (C=O) groups is 1. The maximum Gasteiger partial charge on any atom is 0.251 e. The summed E-state index contributed by atoms with van der Waals surface area (Å²) in [4.78, 5) is 19.0. The first-order valence-electron chi connectivity index (χ1n) is 8.45. The maximum absolute atomic E-state index is 12.6. The third-order valence-electron chi connectivity index (χ3n) is 4.02. The lowest BCUT2D eigenvalue weighted by atomic mass is 10.1. The molecule has 3 aromatic rings. The number of nitrogens with zero attached hydrogens (tertiary/aromatic N) is 4. The van der Waals surface area contributed by atoms with Crippen molar-refractivity contribution in [2.75, 3.05) is 19.0 Å². The molecule has 0 aliphatic rings. The highest BCUT2D eigenvalue weighted by Crippen LogP contribution is 2.20. The molecule has 3 rings (SSSR count). The summed E-state index contributed by atoms with van der Waals surface area (Å²) in [5.74, 6) is 1.29. The number of rotatable bonds is 6. The molecule has 2 aromatic heterocycles. The Morgan fingerprint density at radius 2 is 2.15 bits per heavy atom. The van der Waals surface area contributed by atoms with Crippen molar-refractivity contribution in [3.63, 3.8) is 0 Å². The molecule has 2 heterocycles. The van der Waals surface area contributed by atoms with Gasteiger partial charge in [-0.3, -0.25) is 4.79 Å². The lowest BCUT2D eigenvalue weighted by Crippen LogP contribution is -2.33. The van der Waals surface area contributed by atoms with Crippen LogP contribution in [-0.2, 0) is 13.5 Å². The van der Waals surface area contributed by atoms with Gasteiger partial charge in [-0.25, -0.2) is 4.68 Å².